The fourth-order valence-corrected chi connectivity index (χ4v) is 5.62. The van der Waals surface area contributed by atoms with E-state index in [4.69, 9.17) is 34.7 Å². The summed E-state index contributed by atoms with van der Waals surface area (Å²) in [6, 6.07) is 12.7. The molecule has 5 aromatic rings. The molecule has 0 aliphatic carbocycles. The molecule has 2 unspecified atom stereocenters. The van der Waals surface area contributed by atoms with Crippen molar-refractivity contribution in [3.05, 3.63) is 63.9 Å². The lowest BCUT2D eigenvalue weighted by Gasteiger charge is -2.42. The second kappa shape index (κ2) is 8.90. The van der Waals surface area contributed by atoms with Gasteiger partial charge in [-0.15, -0.1) is 0 Å². The zero-order valence-corrected chi connectivity index (χ0v) is 21.6. The van der Waals surface area contributed by atoms with Crippen LogP contribution in [-0.4, -0.2) is 55.1 Å². The first-order valence-corrected chi connectivity index (χ1v) is 12.5. The maximum atomic E-state index is 15.5. The Balaban J connectivity index is 1.41. The molecule has 0 saturated carbocycles. The van der Waals surface area contributed by atoms with Crippen molar-refractivity contribution in [1.29, 1.82) is 0 Å². The number of fused-ring (bicyclic) bond motifs is 2. The maximum Gasteiger partial charge on any atom is 0.268 e. The predicted molar refractivity (Wildman–Crippen MR) is 144 cm³/mol. The Kier molecular flexibility index (Phi) is 5.74. The van der Waals surface area contributed by atoms with Gasteiger partial charge in [-0.05, 0) is 24.1 Å². The number of carbonyl (C=O) groups is 1. The van der Waals surface area contributed by atoms with Crippen LogP contribution in [-0.2, 0) is 12.6 Å². The third-order valence-corrected chi connectivity index (χ3v) is 7.92. The summed E-state index contributed by atoms with van der Waals surface area (Å²) in [5, 5.41) is 13.1. The molecule has 1 aliphatic heterocycles. The molecule has 1 amide bonds. The van der Waals surface area contributed by atoms with E-state index >= 15 is 4.39 Å². The van der Waals surface area contributed by atoms with E-state index in [2.05, 4.69) is 25.3 Å². The van der Waals surface area contributed by atoms with Crippen molar-refractivity contribution in [3.8, 4) is 11.3 Å². The molecule has 0 radical (unpaired) electrons. The predicted octanol–water partition coefficient (Wildman–Crippen LogP) is 3.71. The number of aryl methyl sites for hydroxylation is 1. The molecule has 3 aromatic heterocycles. The topological polar surface area (TPSA) is 145 Å². The number of aromatic amines is 1. The van der Waals surface area contributed by atoms with E-state index in [1.807, 2.05) is 30.3 Å². The Hall–Kier alpha value is -3.80. The molecule has 1 fully saturated rings. The van der Waals surface area contributed by atoms with Gasteiger partial charge in [0.25, 0.3) is 5.91 Å². The zero-order valence-electron chi connectivity index (χ0n) is 20.1. The van der Waals surface area contributed by atoms with Crippen molar-refractivity contribution in [3.63, 3.8) is 0 Å². The standard InChI is InChI=1S/C25H22Cl2FN9O/c1-36-21(27)16-14(35-36)8-7-13(18(16)26)19-17-20(22(29)38)31-24(32-23(17)34-33-19)37-10-9-25(30,15(28)11-37)12-5-3-2-4-6-12/h2-8,15H,9-11,30H2,1H3,(H2,29,38)(H,31,32,33,34). The second-order valence-corrected chi connectivity index (χ2v) is 10.1. The number of nitrogens with zero attached hydrogens (tertiary/aromatic N) is 6. The molecule has 10 nitrogen and oxygen atoms in total. The van der Waals surface area contributed by atoms with Crippen LogP contribution in [0.4, 0.5) is 10.3 Å². The number of anilines is 1. The summed E-state index contributed by atoms with van der Waals surface area (Å²) < 4.78 is 17.0. The number of alkyl halides is 1. The number of aromatic nitrogens is 6. The highest BCUT2D eigenvalue weighted by Crippen LogP contribution is 2.40. The fourth-order valence-electron chi connectivity index (χ4n) is 5.01. The van der Waals surface area contributed by atoms with Gasteiger partial charge in [0.15, 0.2) is 5.65 Å². The minimum absolute atomic E-state index is 0.0574. The smallest absolute Gasteiger partial charge is 0.268 e. The Labute approximate surface area is 225 Å². The Morgan fingerprint density at radius 2 is 1.92 bits per heavy atom. The van der Waals surface area contributed by atoms with Crippen LogP contribution in [0.15, 0.2) is 42.5 Å². The first-order chi connectivity index (χ1) is 18.2. The summed E-state index contributed by atoms with van der Waals surface area (Å²) in [6.07, 6.45) is -1.08. The van der Waals surface area contributed by atoms with E-state index in [1.165, 1.54) is 4.68 Å². The molecule has 4 heterocycles. The van der Waals surface area contributed by atoms with Crippen molar-refractivity contribution < 1.29 is 9.18 Å². The highest BCUT2D eigenvalue weighted by atomic mass is 35.5. The van der Waals surface area contributed by atoms with Gasteiger partial charge < -0.3 is 16.4 Å². The average molecular weight is 554 g/mol. The molecule has 0 spiro atoms. The van der Waals surface area contributed by atoms with Crippen LogP contribution in [0.25, 0.3) is 33.2 Å². The molecule has 6 rings (SSSR count). The summed E-state index contributed by atoms with van der Waals surface area (Å²) in [7, 11) is 1.71. The van der Waals surface area contributed by atoms with Gasteiger partial charge in [0.05, 0.1) is 33.4 Å². The van der Waals surface area contributed by atoms with Crippen molar-refractivity contribution in [2.24, 2.45) is 18.5 Å². The van der Waals surface area contributed by atoms with Gasteiger partial charge in [0.2, 0.25) is 5.95 Å². The number of rotatable bonds is 4. The molecule has 13 heteroatoms. The monoisotopic (exact) mass is 553 g/mol. The van der Waals surface area contributed by atoms with E-state index in [0.29, 0.717) is 50.7 Å². The lowest BCUT2D eigenvalue weighted by atomic mass is 9.80. The number of H-pyrrole nitrogens is 1. The number of benzene rings is 2. The van der Waals surface area contributed by atoms with Crippen LogP contribution in [0.1, 0.15) is 22.5 Å². The summed E-state index contributed by atoms with van der Waals surface area (Å²) in [6.45, 7) is 0.316. The molecule has 1 saturated heterocycles. The number of halogens is 3. The van der Waals surface area contributed by atoms with Gasteiger partial charge in [-0.25, -0.2) is 9.37 Å². The van der Waals surface area contributed by atoms with Crippen molar-refractivity contribution in [1.82, 2.24) is 29.9 Å². The second-order valence-electron chi connectivity index (χ2n) is 9.34. The highest BCUT2D eigenvalue weighted by molar-refractivity contribution is 6.43. The van der Waals surface area contributed by atoms with Crippen LogP contribution < -0.4 is 16.4 Å². The molecule has 5 N–H and O–H groups in total. The van der Waals surface area contributed by atoms with Crippen molar-refractivity contribution in [2.45, 2.75) is 18.1 Å². The number of nitrogens with two attached hydrogens (primary N) is 2. The Morgan fingerprint density at radius 1 is 1.16 bits per heavy atom. The lowest BCUT2D eigenvalue weighted by molar-refractivity contribution is 0.0997. The van der Waals surface area contributed by atoms with E-state index in [1.54, 1.807) is 24.1 Å². The molecule has 0 bridgehead atoms. The maximum absolute atomic E-state index is 15.5. The Morgan fingerprint density at radius 3 is 2.63 bits per heavy atom. The molecule has 1 aliphatic rings. The molecular weight excluding hydrogens is 532 g/mol. The summed E-state index contributed by atoms with van der Waals surface area (Å²) in [5.41, 5.74) is 13.5. The highest BCUT2D eigenvalue weighted by Gasteiger charge is 2.42. The van der Waals surface area contributed by atoms with E-state index in [-0.39, 0.29) is 23.8 Å². The van der Waals surface area contributed by atoms with Gasteiger partial charge >= 0.3 is 0 Å². The molecular formula is C25H22Cl2FN9O. The van der Waals surface area contributed by atoms with Crippen molar-refractivity contribution >= 4 is 57.0 Å². The van der Waals surface area contributed by atoms with E-state index < -0.39 is 17.6 Å². The van der Waals surface area contributed by atoms with Gasteiger partial charge in [0.1, 0.15) is 22.7 Å². The minimum Gasteiger partial charge on any atom is -0.364 e. The van der Waals surface area contributed by atoms with Crippen LogP contribution in [0.5, 0.6) is 0 Å². The summed E-state index contributed by atoms with van der Waals surface area (Å²) >= 11 is 13.1. The third kappa shape index (κ3) is 3.69. The molecule has 2 aromatic carbocycles. The normalized spacial score (nSPS) is 19.9. The first kappa shape index (κ1) is 24.5. The van der Waals surface area contributed by atoms with Crippen LogP contribution >= 0.6 is 23.2 Å². The van der Waals surface area contributed by atoms with E-state index in [9.17, 15) is 4.79 Å². The van der Waals surface area contributed by atoms with Crippen LogP contribution in [0.3, 0.4) is 0 Å². The Bertz CT molecular complexity index is 1720. The van der Waals surface area contributed by atoms with Crippen LogP contribution in [0.2, 0.25) is 10.2 Å². The lowest BCUT2D eigenvalue weighted by Crippen LogP contribution is -2.57. The van der Waals surface area contributed by atoms with Crippen molar-refractivity contribution in [2.75, 3.05) is 18.0 Å². The van der Waals surface area contributed by atoms with E-state index in [0.717, 1.165) is 5.56 Å². The number of carbonyl (C=O) groups excluding carboxylic acids is 1. The number of nitrogens with one attached hydrogen (secondary N) is 1. The van der Waals surface area contributed by atoms with Gasteiger partial charge in [0, 0.05) is 19.2 Å². The van der Waals surface area contributed by atoms with Gasteiger partial charge in [-0.2, -0.15) is 15.2 Å². The number of hydrogen-bond donors (Lipinski definition) is 3. The SMILES string of the molecule is Cn1nc2ccc(-c3n[nH]c4nc(N5CCC(N)(c6ccccc6)C(F)C5)nc(C(N)=O)c34)c(Cl)c2c1Cl. The quantitative estimate of drug-likeness (QED) is 0.307. The summed E-state index contributed by atoms with van der Waals surface area (Å²) in [5.74, 6) is -0.639. The molecule has 2 atom stereocenters. The number of piperidine rings is 1. The molecule has 38 heavy (non-hydrogen) atoms. The van der Waals surface area contributed by atoms with Gasteiger partial charge in [-0.1, -0.05) is 53.5 Å². The first-order valence-electron chi connectivity index (χ1n) is 11.8. The number of hydrogen-bond acceptors (Lipinski definition) is 7. The average Bonchev–Trinajstić information content (AvgIpc) is 3.46. The summed E-state index contributed by atoms with van der Waals surface area (Å²) in [4.78, 5) is 23.2. The van der Waals surface area contributed by atoms with Gasteiger partial charge in [-0.3, -0.25) is 14.6 Å². The fraction of sp³-hybridized carbons (Fsp3) is 0.240. The zero-order chi connectivity index (χ0) is 26.8. The minimum atomic E-state index is -1.40. The largest absolute Gasteiger partial charge is 0.364 e. The molecule has 194 valence electrons. The number of primary amides is 1. The van der Waals surface area contributed by atoms with Crippen LogP contribution in [0, 0.1) is 0 Å². The third-order valence-electron chi connectivity index (χ3n) is 7.09. The number of amides is 1.